The fourth-order valence-corrected chi connectivity index (χ4v) is 3.69. The van der Waals surface area contributed by atoms with Crippen LogP contribution in [0.4, 0.5) is 0 Å². The van der Waals surface area contributed by atoms with E-state index >= 15 is 0 Å². The average molecular weight is 434 g/mol. The molecule has 4 heterocycles. The molecule has 0 radical (unpaired) electrons. The molecule has 162 valence electrons. The third-order valence-electron chi connectivity index (χ3n) is 5.40. The highest BCUT2D eigenvalue weighted by Crippen LogP contribution is 2.26. The van der Waals surface area contributed by atoms with E-state index in [2.05, 4.69) is 20.7 Å². The Morgan fingerprint density at radius 2 is 2.03 bits per heavy atom. The van der Waals surface area contributed by atoms with Gasteiger partial charge >= 0.3 is 5.97 Å². The van der Waals surface area contributed by atoms with E-state index in [0.717, 1.165) is 11.1 Å². The van der Waals surface area contributed by atoms with Crippen molar-refractivity contribution in [1.82, 2.24) is 30.1 Å². The van der Waals surface area contributed by atoms with Crippen LogP contribution < -0.4 is 15.4 Å². The monoisotopic (exact) mass is 434 g/mol. The van der Waals surface area contributed by atoms with E-state index < -0.39 is 17.9 Å². The fraction of sp³-hybridized carbons (Fsp3) is 0.238. The molecule has 0 spiro atoms. The second-order valence-electron chi connectivity index (χ2n) is 7.65. The number of aromatic nitrogens is 3. The van der Waals surface area contributed by atoms with Crippen molar-refractivity contribution in [3.8, 4) is 5.75 Å². The predicted molar refractivity (Wildman–Crippen MR) is 109 cm³/mol. The van der Waals surface area contributed by atoms with E-state index in [-0.39, 0.29) is 36.2 Å². The number of nitrogens with zero attached hydrogens (tertiary/aromatic N) is 4. The van der Waals surface area contributed by atoms with Gasteiger partial charge in [0.15, 0.2) is 5.65 Å². The molecule has 0 unspecified atom stereocenters. The second-order valence-corrected chi connectivity index (χ2v) is 7.65. The number of esters is 1. The summed E-state index contributed by atoms with van der Waals surface area (Å²) in [6.45, 7) is 0.625. The first-order chi connectivity index (χ1) is 15.4. The number of hydrogen-bond donors (Lipinski definition) is 2. The first-order valence-corrected chi connectivity index (χ1v) is 9.90. The molecule has 2 aliphatic rings. The second kappa shape index (κ2) is 7.45. The topological polar surface area (TPSA) is 135 Å². The van der Waals surface area contributed by atoms with Gasteiger partial charge < -0.3 is 20.3 Å². The molecule has 32 heavy (non-hydrogen) atoms. The summed E-state index contributed by atoms with van der Waals surface area (Å²) in [6.07, 6.45) is 1.67. The Kier molecular flexibility index (Phi) is 4.58. The number of carbonyl (C=O) groups excluding carboxylic acids is 4. The van der Waals surface area contributed by atoms with Crippen molar-refractivity contribution in [2.24, 2.45) is 0 Å². The number of likely N-dealkylation sites (N-methyl/N-ethyl adjacent to an activating group) is 1. The normalized spacial score (nSPS) is 17.0. The van der Waals surface area contributed by atoms with Crippen LogP contribution in [-0.2, 0) is 22.6 Å². The van der Waals surface area contributed by atoms with Crippen LogP contribution in [0.1, 0.15) is 32.1 Å². The molecule has 0 aliphatic carbocycles. The minimum atomic E-state index is -0.598. The van der Waals surface area contributed by atoms with Gasteiger partial charge in [0.1, 0.15) is 23.2 Å². The summed E-state index contributed by atoms with van der Waals surface area (Å²) in [5, 5.41) is 9.51. The fourth-order valence-electron chi connectivity index (χ4n) is 3.69. The van der Waals surface area contributed by atoms with Crippen molar-refractivity contribution < 1.29 is 23.9 Å². The molecule has 11 heteroatoms. The van der Waals surface area contributed by atoms with Crippen LogP contribution in [0.3, 0.4) is 0 Å². The molecule has 1 fully saturated rings. The zero-order valence-corrected chi connectivity index (χ0v) is 17.0. The average Bonchev–Trinajstić information content (AvgIpc) is 3.41. The molecular formula is C21H18N6O5. The summed E-state index contributed by atoms with van der Waals surface area (Å²) < 4.78 is 6.39. The number of nitrogens with one attached hydrogen (secondary N) is 2. The summed E-state index contributed by atoms with van der Waals surface area (Å²) >= 11 is 0. The van der Waals surface area contributed by atoms with Gasteiger partial charge in [-0.2, -0.15) is 5.10 Å². The number of hydrogen-bond acceptors (Lipinski definition) is 7. The maximum Gasteiger partial charge on any atom is 0.315 e. The van der Waals surface area contributed by atoms with Crippen molar-refractivity contribution in [2.45, 2.75) is 19.0 Å². The van der Waals surface area contributed by atoms with E-state index in [1.165, 1.54) is 21.7 Å². The highest BCUT2D eigenvalue weighted by atomic mass is 16.5. The van der Waals surface area contributed by atoms with Crippen LogP contribution >= 0.6 is 0 Å². The Hall–Kier alpha value is -4.28. The zero-order chi connectivity index (χ0) is 22.4. The molecule has 3 aromatic rings. The van der Waals surface area contributed by atoms with E-state index in [0.29, 0.717) is 17.9 Å². The third-order valence-corrected chi connectivity index (χ3v) is 5.40. The lowest BCUT2D eigenvalue weighted by Crippen LogP contribution is -2.62. The maximum absolute atomic E-state index is 12.8. The highest BCUT2D eigenvalue weighted by molar-refractivity contribution is 6.01. The molecule has 1 aromatic carbocycles. The van der Waals surface area contributed by atoms with Gasteiger partial charge in [0, 0.05) is 37.8 Å². The number of ether oxygens (including phenoxy) is 1. The van der Waals surface area contributed by atoms with Gasteiger partial charge in [-0.05, 0) is 17.7 Å². The first-order valence-electron chi connectivity index (χ1n) is 9.90. The minimum Gasteiger partial charge on any atom is -0.426 e. The molecular weight excluding hydrogens is 416 g/mol. The van der Waals surface area contributed by atoms with E-state index in [9.17, 15) is 19.2 Å². The maximum atomic E-state index is 12.8. The molecule has 3 amide bonds. The third kappa shape index (κ3) is 3.43. The molecule has 2 aromatic heterocycles. The molecule has 5 rings (SSSR count). The Morgan fingerprint density at radius 3 is 2.81 bits per heavy atom. The van der Waals surface area contributed by atoms with Gasteiger partial charge in [-0.15, -0.1) is 0 Å². The van der Waals surface area contributed by atoms with Crippen molar-refractivity contribution in [3.63, 3.8) is 0 Å². The van der Waals surface area contributed by atoms with Gasteiger partial charge in [-0.25, -0.2) is 9.50 Å². The van der Waals surface area contributed by atoms with E-state index in [4.69, 9.17) is 4.74 Å². The number of β-lactam (4-membered cyclic amide) rings is 1. The van der Waals surface area contributed by atoms with Crippen LogP contribution in [0.15, 0.2) is 36.5 Å². The molecule has 0 saturated carbocycles. The minimum absolute atomic E-state index is 0.0416. The summed E-state index contributed by atoms with van der Waals surface area (Å²) in [5.41, 5.74) is 2.04. The largest absolute Gasteiger partial charge is 0.426 e. The van der Waals surface area contributed by atoms with Gasteiger partial charge in [-0.3, -0.25) is 19.2 Å². The van der Waals surface area contributed by atoms with Crippen LogP contribution in [0.5, 0.6) is 5.75 Å². The number of benzene rings is 1. The SMILES string of the molecule is CN1C[C@H](NC(=O)c2cc(C(=O)NCc3ccc4c(c3)CC(=O)O4)nc3ccnn23)C1=O. The summed E-state index contributed by atoms with van der Waals surface area (Å²) in [7, 11) is 1.65. The first kappa shape index (κ1) is 19.7. The number of fused-ring (bicyclic) bond motifs is 2. The number of likely N-dealkylation sites (tertiary alicyclic amines) is 1. The summed E-state index contributed by atoms with van der Waals surface area (Å²) in [5.74, 6) is -0.950. The molecule has 11 nitrogen and oxygen atoms in total. The van der Waals surface area contributed by atoms with Gasteiger partial charge in [0.25, 0.3) is 11.8 Å². The van der Waals surface area contributed by atoms with Crippen molar-refractivity contribution in [2.75, 3.05) is 13.6 Å². The summed E-state index contributed by atoms with van der Waals surface area (Å²) in [4.78, 5) is 54.5. The number of amides is 3. The predicted octanol–water partition coefficient (Wildman–Crippen LogP) is -0.309. The van der Waals surface area contributed by atoms with Crippen molar-refractivity contribution in [3.05, 3.63) is 59.0 Å². The number of carbonyl (C=O) groups is 4. The lowest BCUT2D eigenvalue weighted by molar-refractivity contribution is -0.141. The molecule has 1 atom stereocenters. The number of rotatable bonds is 5. The quantitative estimate of drug-likeness (QED) is 0.320. The van der Waals surface area contributed by atoms with E-state index in [1.807, 2.05) is 0 Å². The van der Waals surface area contributed by atoms with Crippen LogP contribution in [0.2, 0.25) is 0 Å². The van der Waals surface area contributed by atoms with Crippen molar-refractivity contribution in [1.29, 1.82) is 0 Å². The van der Waals surface area contributed by atoms with Gasteiger partial charge in [-0.1, -0.05) is 6.07 Å². The Bertz CT molecular complexity index is 1300. The molecule has 2 N–H and O–H groups in total. The van der Waals surface area contributed by atoms with E-state index in [1.54, 1.807) is 31.3 Å². The summed E-state index contributed by atoms with van der Waals surface area (Å²) in [6, 6.07) is 7.58. The Labute approximate surface area is 181 Å². The zero-order valence-electron chi connectivity index (χ0n) is 17.0. The molecule has 0 bridgehead atoms. The van der Waals surface area contributed by atoms with Crippen LogP contribution in [-0.4, -0.2) is 62.8 Å². The van der Waals surface area contributed by atoms with Crippen molar-refractivity contribution >= 4 is 29.3 Å². The van der Waals surface area contributed by atoms with Crippen LogP contribution in [0, 0.1) is 0 Å². The van der Waals surface area contributed by atoms with Gasteiger partial charge in [0.2, 0.25) is 5.91 Å². The lowest BCUT2D eigenvalue weighted by Gasteiger charge is -2.35. The lowest BCUT2D eigenvalue weighted by atomic mass is 10.1. The molecule has 2 aliphatic heterocycles. The van der Waals surface area contributed by atoms with Crippen LogP contribution in [0.25, 0.3) is 5.65 Å². The standard InChI is InChI=1S/C21H18N6O5/c1-26-10-14(21(26)31)25-20(30)15-8-13(24-17-4-5-23-27(15)17)19(29)22-9-11-2-3-16-12(6-11)7-18(28)32-16/h2-6,8,14H,7,9-10H2,1H3,(H,22,29)(H,25,30)/t14-/m0/s1. The van der Waals surface area contributed by atoms with Gasteiger partial charge in [0.05, 0.1) is 12.6 Å². The molecule has 1 saturated heterocycles. The smallest absolute Gasteiger partial charge is 0.315 e. The Balaban J connectivity index is 1.33. The Morgan fingerprint density at radius 1 is 1.19 bits per heavy atom. The highest BCUT2D eigenvalue weighted by Gasteiger charge is 2.35.